The third-order valence-corrected chi connectivity index (χ3v) is 3.65. The standard InChI is InChI=1S/C14H13NO4S/c1-19-8-13(16)15-10-4-2-3-9(7-10)11-5-6-12(20-11)14(17)18/h2-7H,8H2,1H3,(H,15,16)(H,17,18). The van der Waals surface area contributed by atoms with Gasteiger partial charge in [0.1, 0.15) is 11.5 Å². The van der Waals surface area contributed by atoms with Gasteiger partial charge in [-0.2, -0.15) is 0 Å². The molecule has 0 unspecified atom stereocenters. The highest BCUT2D eigenvalue weighted by molar-refractivity contribution is 7.17. The van der Waals surface area contributed by atoms with E-state index in [2.05, 4.69) is 5.32 Å². The summed E-state index contributed by atoms with van der Waals surface area (Å²) in [5.74, 6) is -1.17. The van der Waals surface area contributed by atoms with E-state index < -0.39 is 5.97 Å². The molecule has 0 aliphatic rings. The summed E-state index contributed by atoms with van der Waals surface area (Å²) in [5, 5.41) is 11.6. The number of rotatable bonds is 5. The van der Waals surface area contributed by atoms with Crippen molar-refractivity contribution in [1.29, 1.82) is 0 Å². The quantitative estimate of drug-likeness (QED) is 0.888. The molecule has 0 aliphatic heterocycles. The minimum absolute atomic E-state index is 0.00755. The molecule has 0 saturated carbocycles. The minimum atomic E-state index is -0.939. The zero-order valence-electron chi connectivity index (χ0n) is 10.8. The molecule has 0 radical (unpaired) electrons. The van der Waals surface area contributed by atoms with Crippen molar-refractivity contribution in [2.24, 2.45) is 0 Å². The Kier molecular flexibility index (Phi) is 4.49. The molecule has 1 amide bonds. The van der Waals surface area contributed by atoms with E-state index in [1.54, 1.807) is 30.3 Å². The number of nitrogens with one attached hydrogen (secondary N) is 1. The molecule has 0 aliphatic carbocycles. The van der Waals surface area contributed by atoms with Crippen LogP contribution in [0.3, 0.4) is 0 Å². The van der Waals surface area contributed by atoms with E-state index >= 15 is 0 Å². The number of anilines is 1. The summed E-state index contributed by atoms with van der Waals surface area (Å²) in [7, 11) is 1.45. The van der Waals surface area contributed by atoms with Crippen molar-refractivity contribution in [3.8, 4) is 10.4 Å². The first kappa shape index (κ1) is 14.2. The van der Waals surface area contributed by atoms with Crippen molar-refractivity contribution in [1.82, 2.24) is 0 Å². The lowest BCUT2D eigenvalue weighted by Gasteiger charge is -2.06. The molecule has 1 aromatic carbocycles. The van der Waals surface area contributed by atoms with Crippen molar-refractivity contribution in [3.63, 3.8) is 0 Å². The predicted molar refractivity (Wildman–Crippen MR) is 77.2 cm³/mol. The van der Waals surface area contributed by atoms with Crippen LogP contribution in [0.25, 0.3) is 10.4 Å². The van der Waals surface area contributed by atoms with E-state index in [4.69, 9.17) is 9.84 Å². The average molecular weight is 291 g/mol. The van der Waals surface area contributed by atoms with Crippen LogP contribution in [0.1, 0.15) is 9.67 Å². The Hall–Kier alpha value is -2.18. The average Bonchev–Trinajstić information content (AvgIpc) is 2.89. The number of amides is 1. The predicted octanol–water partition coefficient (Wildman–Crippen LogP) is 2.70. The van der Waals surface area contributed by atoms with E-state index in [9.17, 15) is 9.59 Å². The van der Waals surface area contributed by atoms with Crippen LogP contribution in [0.15, 0.2) is 36.4 Å². The van der Waals surface area contributed by atoms with Crippen LogP contribution in [0.5, 0.6) is 0 Å². The number of aromatic carboxylic acids is 1. The van der Waals surface area contributed by atoms with Gasteiger partial charge in [-0.1, -0.05) is 12.1 Å². The normalized spacial score (nSPS) is 10.2. The largest absolute Gasteiger partial charge is 0.477 e. The molecule has 2 rings (SSSR count). The molecule has 1 heterocycles. The van der Waals surface area contributed by atoms with Gasteiger partial charge in [-0.05, 0) is 29.8 Å². The Balaban J connectivity index is 2.20. The Morgan fingerprint density at radius 3 is 2.75 bits per heavy atom. The van der Waals surface area contributed by atoms with Crippen LogP contribution in [-0.4, -0.2) is 30.7 Å². The van der Waals surface area contributed by atoms with E-state index in [-0.39, 0.29) is 17.4 Å². The van der Waals surface area contributed by atoms with Crippen LogP contribution in [-0.2, 0) is 9.53 Å². The highest BCUT2D eigenvalue weighted by Crippen LogP contribution is 2.29. The van der Waals surface area contributed by atoms with Crippen LogP contribution in [0.2, 0.25) is 0 Å². The van der Waals surface area contributed by atoms with Gasteiger partial charge in [-0.3, -0.25) is 4.79 Å². The molecule has 0 fully saturated rings. The topological polar surface area (TPSA) is 75.6 Å². The SMILES string of the molecule is COCC(=O)Nc1cccc(-c2ccc(C(=O)O)s2)c1. The number of benzene rings is 1. The lowest BCUT2D eigenvalue weighted by molar-refractivity contribution is -0.119. The molecule has 0 saturated heterocycles. The second-order valence-electron chi connectivity index (χ2n) is 4.03. The van der Waals surface area contributed by atoms with Crippen LogP contribution in [0, 0.1) is 0 Å². The summed E-state index contributed by atoms with van der Waals surface area (Å²) < 4.78 is 4.75. The van der Waals surface area contributed by atoms with Crippen LogP contribution in [0.4, 0.5) is 5.69 Å². The van der Waals surface area contributed by atoms with Crippen molar-refractivity contribution in [3.05, 3.63) is 41.3 Å². The number of carbonyl (C=O) groups is 2. The smallest absolute Gasteiger partial charge is 0.345 e. The van der Waals surface area contributed by atoms with Gasteiger partial charge >= 0.3 is 5.97 Å². The van der Waals surface area contributed by atoms with Gasteiger partial charge in [-0.15, -0.1) is 11.3 Å². The molecular weight excluding hydrogens is 278 g/mol. The first-order valence-electron chi connectivity index (χ1n) is 5.82. The molecule has 0 bridgehead atoms. The zero-order chi connectivity index (χ0) is 14.5. The van der Waals surface area contributed by atoms with E-state index in [0.717, 1.165) is 10.4 Å². The fourth-order valence-electron chi connectivity index (χ4n) is 1.69. The van der Waals surface area contributed by atoms with Gasteiger partial charge in [0.15, 0.2) is 0 Å². The number of hydrogen-bond acceptors (Lipinski definition) is 4. The number of hydrogen-bond donors (Lipinski definition) is 2. The summed E-state index contributed by atoms with van der Waals surface area (Å²) >= 11 is 1.19. The third-order valence-electron chi connectivity index (χ3n) is 2.52. The monoisotopic (exact) mass is 291 g/mol. The van der Waals surface area contributed by atoms with Gasteiger partial charge in [0.25, 0.3) is 0 Å². The summed E-state index contributed by atoms with van der Waals surface area (Å²) in [6, 6.07) is 10.6. The van der Waals surface area contributed by atoms with Gasteiger partial charge in [0.2, 0.25) is 5.91 Å². The van der Waals surface area contributed by atoms with Crippen molar-refractivity contribution < 1.29 is 19.4 Å². The molecule has 2 aromatic rings. The second kappa shape index (κ2) is 6.31. The fraction of sp³-hybridized carbons (Fsp3) is 0.143. The Labute approximate surface area is 119 Å². The fourth-order valence-corrected chi connectivity index (χ4v) is 2.53. The second-order valence-corrected chi connectivity index (χ2v) is 5.11. The lowest BCUT2D eigenvalue weighted by atomic mass is 10.1. The number of carboxylic acid groups (broad SMARTS) is 1. The summed E-state index contributed by atoms with van der Waals surface area (Å²) in [4.78, 5) is 23.4. The number of ether oxygens (including phenoxy) is 1. The summed E-state index contributed by atoms with van der Waals surface area (Å²) in [6.45, 7) is -0.00755. The van der Waals surface area contributed by atoms with Crippen LogP contribution < -0.4 is 5.32 Å². The third kappa shape index (κ3) is 3.43. The maximum Gasteiger partial charge on any atom is 0.345 e. The van der Waals surface area contributed by atoms with E-state index in [0.29, 0.717) is 5.69 Å². The highest BCUT2D eigenvalue weighted by atomic mass is 32.1. The molecule has 20 heavy (non-hydrogen) atoms. The van der Waals surface area contributed by atoms with E-state index in [1.807, 2.05) is 6.07 Å². The first-order valence-corrected chi connectivity index (χ1v) is 6.64. The number of methoxy groups -OCH3 is 1. The minimum Gasteiger partial charge on any atom is -0.477 e. The lowest BCUT2D eigenvalue weighted by Crippen LogP contribution is -2.16. The molecule has 104 valence electrons. The van der Waals surface area contributed by atoms with Gasteiger partial charge in [0.05, 0.1) is 0 Å². The Morgan fingerprint density at radius 1 is 1.30 bits per heavy atom. The Morgan fingerprint density at radius 2 is 2.10 bits per heavy atom. The maximum atomic E-state index is 11.4. The number of carboxylic acids is 1. The van der Waals surface area contributed by atoms with E-state index in [1.165, 1.54) is 18.4 Å². The maximum absolute atomic E-state index is 11.4. The number of thiophene rings is 1. The van der Waals surface area contributed by atoms with Gasteiger partial charge in [0, 0.05) is 17.7 Å². The summed E-state index contributed by atoms with van der Waals surface area (Å²) in [6.07, 6.45) is 0. The molecule has 0 spiro atoms. The van der Waals surface area contributed by atoms with Crippen molar-refractivity contribution in [2.45, 2.75) is 0 Å². The Bertz CT molecular complexity index is 636. The first-order chi connectivity index (χ1) is 9.60. The number of carbonyl (C=O) groups excluding carboxylic acids is 1. The molecule has 6 heteroatoms. The zero-order valence-corrected chi connectivity index (χ0v) is 11.6. The summed E-state index contributed by atoms with van der Waals surface area (Å²) in [5.41, 5.74) is 1.51. The molecule has 5 nitrogen and oxygen atoms in total. The molecule has 2 N–H and O–H groups in total. The van der Waals surface area contributed by atoms with Gasteiger partial charge in [-0.25, -0.2) is 4.79 Å². The van der Waals surface area contributed by atoms with Crippen molar-refractivity contribution in [2.75, 3.05) is 19.0 Å². The molecule has 1 aromatic heterocycles. The molecular formula is C14H13NO4S. The van der Waals surface area contributed by atoms with Crippen LogP contribution >= 0.6 is 11.3 Å². The highest BCUT2D eigenvalue weighted by Gasteiger charge is 2.09. The molecule has 0 atom stereocenters. The van der Waals surface area contributed by atoms with Gasteiger partial charge < -0.3 is 15.2 Å². The van der Waals surface area contributed by atoms with Crippen molar-refractivity contribution >= 4 is 28.9 Å².